The van der Waals surface area contributed by atoms with Gasteiger partial charge in [-0.25, -0.2) is 0 Å². The fraction of sp³-hybridized carbons (Fsp3) is 0.474. The molecule has 0 aromatic heterocycles. The SMILES string of the molecule is C=C/C=C\C=C\C(C)CCN(C)CC1=CC=CCCC1. The van der Waals surface area contributed by atoms with Crippen LogP contribution in [-0.2, 0) is 0 Å². The molecule has 1 heteroatoms. The zero-order chi connectivity index (χ0) is 14.6. The van der Waals surface area contributed by atoms with Gasteiger partial charge in [0.2, 0.25) is 0 Å². The highest BCUT2D eigenvalue weighted by Crippen LogP contribution is 2.14. The summed E-state index contributed by atoms with van der Waals surface area (Å²) in [5.41, 5.74) is 1.57. The summed E-state index contributed by atoms with van der Waals surface area (Å²) in [4.78, 5) is 2.44. The predicted octanol–water partition coefficient (Wildman–Crippen LogP) is 4.91. The van der Waals surface area contributed by atoms with Gasteiger partial charge in [-0.3, -0.25) is 0 Å². The van der Waals surface area contributed by atoms with Gasteiger partial charge in [0.15, 0.2) is 0 Å². The summed E-state index contributed by atoms with van der Waals surface area (Å²) in [6.45, 7) is 8.20. The lowest BCUT2D eigenvalue weighted by molar-refractivity contribution is 0.337. The molecule has 0 saturated carbocycles. The summed E-state index contributed by atoms with van der Waals surface area (Å²) in [6.07, 6.45) is 21.9. The van der Waals surface area contributed by atoms with E-state index in [1.807, 2.05) is 12.2 Å². The van der Waals surface area contributed by atoms with Crippen molar-refractivity contribution < 1.29 is 0 Å². The number of rotatable bonds is 8. The van der Waals surface area contributed by atoms with Gasteiger partial charge in [0.25, 0.3) is 0 Å². The zero-order valence-electron chi connectivity index (χ0n) is 13.1. The van der Waals surface area contributed by atoms with Crippen molar-refractivity contribution in [2.45, 2.75) is 32.6 Å². The molecule has 0 bridgehead atoms. The van der Waals surface area contributed by atoms with Gasteiger partial charge < -0.3 is 4.90 Å². The van der Waals surface area contributed by atoms with Gasteiger partial charge in [-0.05, 0) is 45.2 Å². The molecule has 1 nitrogen and oxygen atoms in total. The molecule has 0 fully saturated rings. The minimum absolute atomic E-state index is 0.620. The lowest BCUT2D eigenvalue weighted by Gasteiger charge is -2.19. The first-order chi connectivity index (χ1) is 9.72. The maximum atomic E-state index is 3.66. The average Bonchev–Trinajstić information content (AvgIpc) is 2.70. The molecule has 0 spiro atoms. The summed E-state index contributed by atoms with van der Waals surface area (Å²) < 4.78 is 0. The van der Waals surface area contributed by atoms with Crippen molar-refractivity contribution in [3.63, 3.8) is 0 Å². The first-order valence-corrected chi connectivity index (χ1v) is 7.71. The average molecular weight is 271 g/mol. The van der Waals surface area contributed by atoms with Gasteiger partial charge >= 0.3 is 0 Å². The van der Waals surface area contributed by atoms with Crippen LogP contribution in [0.1, 0.15) is 32.6 Å². The van der Waals surface area contributed by atoms with Crippen molar-refractivity contribution in [2.24, 2.45) is 5.92 Å². The van der Waals surface area contributed by atoms with Crippen molar-refractivity contribution >= 4 is 0 Å². The smallest absolute Gasteiger partial charge is 0.0192 e. The summed E-state index contributed by atoms with van der Waals surface area (Å²) in [7, 11) is 2.23. The van der Waals surface area contributed by atoms with Gasteiger partial charge in [0, 0.05) is 6.54 Å². The first kappa shape index (κ1) is 16.7. The van der Waals surface area contributed by atoms with E-state index in [4.69, 9.17) is 0 Å². The quantitative estimate of drug-likeness (QED) is 0.567. The molecule has 0 heterocycles. The molecule has 20 heavy (non-hydrogen) atoms. The molecular weight excluding hydrogens is 242 g/mol. The second-order valence-electron chi connectivity index (χ2n) is 5.65. The highest BCUT2D eigenvalue weighted by molar-refractivity contribution is 5.16. The normalized spacial score (nSPS) is 17.6. The fourth-order valence-corrected chi connectivity index (χ4v) is 2.30. The summed E-state index contributed by atoms with van der Waals surface area (Å²) in [6, 6.07) is 0. The van der Waals surface area contributed by atoms with E-state index in [-0.39, 0.29) is 0 Å². The summed E-state index contributed by atoms with van der Waals surface area (Å²) >= 11 is 0. The molecule has 1 aliphatic carbocycles. The van der Waals surface area contributed by atoms with Gasteiger partial charge in [0.1, 0.15) is 0 Å². The van der Waals surface area contributed by atoms with Crippen molar-refractivity contribution in [3.05, 3.63) is 60.8 Å². The van der Waals surface area contributed by atoms with E-state index in [1.54, 1.807) is 11.6 Å². The molecule has 0 aliphatic heterocycles. The molecule has 0 radical (unpaired) electrons. The largest absolute Gasteiger partial charge is 0.302 e. The van der Waals surface area contributed by atoms with Crippen LogP contribution in [0.3, 0.4) is 0 Å². The Kier molecular flexibility index (Phi) is 8.73. The Bertz CT molecular complexity index is 385. The second kappa shape index (κ2) is 10.4. The molecular formula is C19H29N. The Balaban J connectivity index is 2.25. The molecule has 1 aliphatic rings. The lowest BCUT2D eigenvalue weighted by atomic mass is 10.1. The molecule has 1 atom stereocenters. The maximum absolute atomic E-state index is 3.66. The van der Waals surface area contributed by atoms with E-state index in [0.29, 0.717) is 5.92 Å². The highest BCUT2D eigenvalue weighted by atomic mass is 15.1. The second-order valence-corrected chi connectivity index (χ2v) is 5.65. The van der Waals surface area contributed by atoms with Gasteiger partial charge in [-0.15, -0.1) is 0 Å². The first-order valence-electron chi connectivity index (χ1n) is 7.71. The Morgan fingerprint density at radius 2 is 2.20 bits per heavy atom. The fourth-order valence-electron chi connectivity index (χ4n) is 2.30. The number of allylic oxidation sites excluding steroid dienone is 8. The third-order valence-electron chi connectivity index (χ3n) is 3.57. The van der Waals surface area contributed by atoms with Crippen molar-refractivity contribution in [1.82, 2.24) is 4.90 Å². The summed E-state index contributed by atoms with van der Waals surface area (Å²) in [5.74, 6) is 0.620. The van der Waals surface area contributed by atoms with Crippen LogP contribution in [-0.4, -0.2) is 25.0 Å². The van der Waals surface area contributed by atoms with Crippen LogP contribution >= 0.6 is 0 Å². The topological polar surface area (TPSA) is 3.24 Å². The van der Waals surface area contributed by atoms with Gasteiger partial charge in [-0.1, -0.05) is 67.7 Å². The van der Waals surface area contributed by atoms with Crippen molar-refractivity contribution in [3.8, 4) is 0 Å². The van der Waals surface area contributed by atoms with E-state index >= 15 is 0 Å². The Hall–Kier alpha value is -1.34. The zero-order valence-corrected chi connectivity index (χ0v) is 13.1. The summed E-state index contributed by atoms with van der Waals surface area (Å²) in [5, 5.41) is 0. The molecule has 110 valence electrons. The third kappa shape index (κ3) is 7.96. The molecule has 0 aromatic rings. The van der Waals surface area contributed by atoms with Gasteiger partial charge in [0.05, 0.1) is 0 Å². The number of hydrogen-bond donors (Lipinski definition) is 0. The molecule has 1 unspecified atom stereocenters. The van der Waals surface area contributed by atoms with Crippen LogP contribution in [0.5, 0.6) is 0 Å². The van der Waals surface area contributed by atoms with E-state index in [1.165, 1.54) is 25.7 Å². The standard InChI is InChI=1S/C19H29N/c1-4-5-6-9-12-18(2)15-16-20(3)17-19-13-10-7-8-11-14-19/h4-7,9-10,12-13,18H,1,8,11,14-17H2,2-3H3/b6-5-,12-9+. The van der Waals surface area contributed by atoms with E-state index < -0.39 is 0 Å². The number of hydrogen-bond acceptors (Lipinski definition) is 1. The maximum Gasteiger partial charge on any atom is 0.0192 e. The minimum atomic E-state index is 0.620. The molecule has 0 aromatic carbocycles. The van der Waals surface area contributed by atoms with Crippen LogP contribution in [0.4, 0.5) is 0 Å². The lowest BCUT2D eigenvalue weighted by Crippen LogP contribution is -2.23. The van der Waals surface area contributed by atoms with E-state index in [0.717, 1.165) is 13.1 Å². The number of likely N-dealkylation sites (N-methyl/N-ethyl adjacent to an activating group) is 1. The molecule has 1 rings (SSSR count). The van der Waals surface area contributed by atoms with Gasteiger partial charge in [-0.2, -0.15) is 0 Å². The van der Waals surface area contributed by atoms with Crippen molar-refractivity contribution in [2.75, 3.05) is 20.1 Å². The van der Waals surface area contributed by atoms with Crippen LogP contribution in [0.25, 0.3) is 0 Å². The Labute approximate surface area is 125 Å². The van der Waals surface area contributed by atoms with Crippen LogP contribution < -0.4 is 0 Å². The minimum Gasteiger partial charge on any atom is -0.302 e. The Morgan fingerprint density at radius 3 is 3.00 bits per heavy atom. The van der Waals surface area contributed by atoms with E-state index in [2.05, 4.69) is 55.8 Å². The molecule has 0 saturated heterocycles. The molecule has 0 amide bonds. The predicted molar refractivity (Wildman–Crippen MR) is 90.8 cm³/mol. The van der Waals surface area contributed by atoms with Crippen LogP contribution in [0, 0.1) is 5.92 Å². The Morgan fingerprint density at radius 1 is 1.35 bits per heavy atom. The van der Waals surface area contributed by atoms with E-state index in [9.17, 15) is 0 Å². The van der Waals surface area contributed by atoms with Crippen LogP contribution in [0.15, 0.2) is 60.8 Å². The van der Waals surface area contributed by atoms with Crippen molar-refractivity contribution in [1.29, 1.82) is 0 Å². The van der Waals surface area contributed by atoms with Crippen LogP contribution in [0.2, 0.25) is 0 Å². The molecule has 0 N–H and O–H groups in total. The monoisotopic (exact) mass is 271 g/mol. The number of nitrogens with zero attached hydrogens (tertiary/aromatic N) is 1. The third-order valence-corrected chi connectivity index (χ3v) is 3.57. The highest BCUT2D eigenvalue weighted by Gasteiger charge is 2.05.